The van der Waals surface area contributed by atoms with Gasteiger partial charge in [0, 0.05) is 24.1 Å². The van der Waals surface area contributed by atoms with Crippen molar-refractivity contribution in [3.63, 3.8) is 0 Å². The van der Waals surface area contributed by atoms with Gasteiger partial charge in [-0.2, -0.15) is 0 Å². The molecule has 8 heteroatoms. The van der Waals surface area contributed by atoms with Gasteiger partial charge < -0.3 is 4.74 Å². The van der Waals surface area contributed by atoms with E-state index >= 15 is 0 Å². The minimum atomic E-state index is -0.503. The lowest BCUT2D eigenvalue weighted by molar-refractivity contribution is -0.384. The molecule has 0 saturated heterocycles. The molecule has 3 rings (SSSR count). The number of aromatic nitrogens is 1. The van der Waals surface area contributed by atoms with Crippen molar-refractivity contribution in [3.8, 4) is 0 Å². The van der Waals surface area contributed by atoms with Crippen molar-refractivity contribution in [3.05, 3.63) is 50.5 Å². The summed E-state index contributed by atoms with van der Waals surface area (Å²) < 4.78 is 5.33. The number of hydrogen-bond donors (Lipinski definition) is 1. The fraction of sp³-hybridized carbons (Fsp3) is 0.231. The molecule has 0 fully saturated rings. The van der Waals surface area contributed by atoms with E-state index < -0.39 is 4.92 Å². The monoisotopic (exact) mass is 305 g/mol. The highest BCUT2D eigenvalue weighted by atomic mass is 32.1. The fourth-order valence-electron chi connectivity index (χ4n) is 1.98. The molecule has 0 unspecified atom stereocenters. The van der Waals surface area contributed by atoms with Crippen molar-refractivity contribution in [2.75, 3.05) is 11.9 Å². The Hall–Kier alpha value is -2.32. The highest BCUT2D eigenvalue weighted by molar-refractivity contribution is 7.15. The van der Waals surface area contributed by atoms with Crippen LogP contribution in [0.4, 0.5) is 10.8 Å². The van der Waals surface area contributed by atoms with Crippen molar-refractivity contribution in [2.24, 2.45) is 0 Å². The van der Waals surface area contributed by atoms with Gasteiger partial charge in [-0.1, -0.05) is 11.3 Å². The molecule has 1 N–H and O–H groups in total. The maximum Gasteiger partial charge on any atom is 0.269 e. The van der Waals surface area contributed by atoms with E-state index in [0.717, 1.165) is 17.0 Å². The Kier molecular flexibility index (Phi) is 3.63. The van der Waals surface area contributed by atoms with Crippen LogP contribution in [0.5, 0.6) is 0 Å². The second-order valence-electron chi connectivity index (χ2n) is 4.45. The normalized spacial score (nSPS) is 13.5. The van der Waals surface area contributed by atoms with Gasteiger partial charge in [-0.3, -0.25) is 20.2 Å². The molecular formula is C13H11N3O4S. The van der Waals surface area contributed by atoms with Crippen LogP contribution in [0.3, 0.4) is 0 Å². The van der Waals surface area contributed by atoms with Crippen LogP contribution in [0.1, 0.15) is 20.9 Å². The summed E-state index contributed by atoms with van der Waals surface area (Å²) in [5, 5.41) is 13.8. The quantitative estimate of drug-likeness (QED) is 0.694. The number of nitrogens with zero attached hydrogens (tertiary/aromatic N) is 2. The zero-order chi connectivity index (χ0) is 14.8. The Morgan fingerprint density at radius 1 is 1.38 bits per heavy atom. The number of thiazole rings is 1. The second-order valence-corrected chi connectivity index (χ2v) is 5.53. The summed E-state index contributed by atoms with van der Waals surface area (Å²) in [6.07, 6.45) is 0.749. The maximum atomic E-state index is 12.1. The van der Waals surface area contributed by atoms with Gasteiger partial charge >= 0.3 is 0 Å². The standard InChI is InChI=1S/C13H11N3O4S/c17-12(8-1-3-9(4-2-8)16(18)19)15-13-14-10-5-6-20-7-11(10)21-13/h1-4H,5-7H2,(H,14,15,17). The summed E-state index contributed by atoms with van der Waals surface area (Å²) in [6, 6.07) is 5.44. The molecule has 0 bridgehead atoms. The second kappa shape index (κ2) is 5.58. The fourth-order valence-corrected chi connectivity index (χ4v) is 2.92. The van der Waals surface area contributed by atoms with Gasteiger partial charge in [0.1, 0.15) is 0 Å². The van der Waals surface area contributed by atoms with Crippen molar-refractivity contribution < 1.29 is 14.5 Å². The number of nitro benzene ring substituents is 1. The van der Waals surface area contributed by atoms with Crippen LogP contribution < -0.4 is 5.32 Å². The number of carbonyl (C=O) groups is 1. The minimum absolute atomic E-state index is 0.0478. The molecular weight excluding hydrogens is 294 g/mol. The van der Waals surface area contributed by atoms with E-state index in [4.69, 9.17) is 4.74 Å². The number of carbonyl (C=O) groups excluding carboxylic acids is 1. The SMILES string of the molecule is O=C(Nc1nc2c(s1)COCC2)c1ccc([N+](=O)[O-])cc1. The Labute approximate surface area is 123 Å². The topological polar surface area (TPSA) is 94.4 Å². The highest BCUT2D eigenvalue weighted by Gasteiger charge is 2.17. The average Bonchev–Trinajstić information content (AvgIpc) is 2.89. The van der Waals surface area contributed by atoms with Gasteiger partial charge in [0.05, 0.1) is 28.7 Å². The van der Waals surface area contributed by atoms with E-state index in [2.05, 4.69) is 10.3 Å². The molecule has 1 amide bonds. The lowest BCUT2D eigenvalue weighted by Crippen LogP contribution is -2.12. The number of ether oxygens (including phenoxy) is 1. The summed E-state index contributed by atoms with van der Waals surface area (Å²) >= 11 is 1.39. The predicted molar refractivity (Wildman–Crippen MR) is 76.5 cm³/mol. The summed E-state index contributed by atoms with van der Waals surface area (Å²) in [5.74, 6) is -0.336. The molecule has 1 aromatic heterocycles. The summed E-state index contributed by atoms with van der Waals surface area (Å²) in [5.41, 5.74) is 1.27. The van der Waals surface area contributed by atoms with E-state index in [0.29, 0.717) is 23.9 Å². The molecule has 0 spiro atoms. The van der Waals surface area contributed by atoms with Crippen molar-refractivity contribution in [2.45, 2.75) is 13.0 Å². The number of fused-ring (bicyclic) bond motifs is 1. The molecule has 1 aromatic carbocycles. The number of hydrogen-bond acceptors (Lipinski definition) is 6. The molecule has 7 nitrogen and oxygen atoms in total. The maximum absolute atomic E-state index is 12.1. The van der Waals surface area contributed by atoms with Crippen molar-refractivity contribution in [1.82, 2.24) is 4.98 Å². The molecule has 0 aliphatic carbocycles. The third-order valence-electron chi connectivity index (χ3n) is 3.06. The van der Waals surface area contributed by atoms with Crippen LogP contribution >= 0.6 is 11.3 Å². The summed E-state index contributed by atoms with van der Waals surface area (Å²) in [7, 11) is 0. The number of anilines is 1. The molecule has 21 heavy (non-hydrogen) atoms. The Morgan fingerprint density at radius 3 is 2.81 bits per heavy atom. The highest BCUT2D eigenvalue weighted by Crippen LogP contribution is 2.27. The van der Waals surface area contributed by atoms with Crippen LogP contribution in [-0.4, -0.2) is 22.4 Å². The van der Waals surface area contributed by atoms with Crippen LogP contribution in [0.2, 0.25) is 0 Å². The third-order valence-corrected chi connectivity index (χ3v) is 4.04. The third kappa shape index (κ3) is 2.91. The molecule has 0 saturated carbocycles. The molecule has 1 aliphatic rings. The first-order valence-corrected chi connectivity index (χ1v) is 7.07. The number of rotatable bonds is 3. The Bertz CT molecular complexity index is 672. The lowest BCUT2D eigenvalue weighted by atomic mass is 10.2. The minimum Gasteiger partial charge on any atom is -0.375 e. The Morgan fingerprint density at radius 2 is 2.14 bits per heavy atom. The van der Waals surface area contributed by atoms with Crippen LogP contribution in [0.25, 0.3) is 0 Å². The molecule has 0 atom stereocenters. The van der Waals surface area contributed by atoms with Crippen LogP contribution in [0, 0.1) is 10.1 Å². The van der Waals surface area contributed by atoms with Crippen LogP contribution in [0.15, 0.2) is 24.3 Å². The van der Waals surface area contributed by atoms with Gasteiger partial charge in [0.2, 0.25) is 0 Å². The number of non-ortho nitro benzene ring substituents is 1. The van der Waals surface area contributed by atoms with Gasteiger partial charge in [0.15, 0.2) is 5.13 Å². The van der Waals surface area contributed by atoms with E-state index in [1.807, 2.05) is 0 Å². The zero-order valence-electron chi connectivity index (χ0n) is 10.9. The number of nitrogens with one attached hydrogen (secondary N) is 1. The predicted octanol–water partition coefficient (Wildman–Crippen LogP) is 2.38. The van der Waals surface area contributed by atoms with Gasteiger partial charge in [0.25, 0.3) is 11.6 Å². The van der Waals surface area contributed by atoms with E-state index in [1.165, 1.54) is 35.6 Å². The Balaban J connectivity index is 1.73. The lowest BCUT2D eigenvalue weighted by Gasteiger charge is -2.08. The first-order valence-electron chi connectivity index (χ1n) is 6.25. The first-order chi connectivity index (χ1) is 10.1. The zero-order valence-corrected chi connectivity index (χ0v) is 11.7. The van der Waals surface area contributed by atoms with E-state index in [9.17, 15) is 14.9 Å². The molecule has 108 valence electrons. The number of amides is 1. The largest absolute Gasteiger partial charge is 0.375 e. The molecule has 2 aromatic rings. The van der Waals surface area contributed by atoms with Crippen molar-refractivity contribution in [1.29, 1.82) is 0 Å². The number of nitro groups is 1. The van der Waals surface area contributed by atoms with Crippen molar-refractivity contribution >= 4 is 28.1 Å². The van der Waals surface area contributed by atoms with Crippen LogP contribution in [-0.2, 0) is 17.8 Å². The molecule has 1 aliphatic heterocycles. The average molecular weight is 305 g/mol. The summed E-state index contributed by atoms with van der Waals surface area (Å²) in [6.45, 7) is 1.17. The van der Waals surface area contributed by atoms with Gasteiger partial charge in [-0.15, -0.1) is 0 Å². The van der Waals surface area contributed by atoms with E-state index in [1.54, 1.807) is 0 Å². The first kappa shape index (κ1) is 13.7. The van der Waals surface area contributed by atoms with Gasteiger partial charge in [-0.25, -0.2) is 4.98 Å². The van der Waals surface area contributed by atoms with Gasteiger partial charge in [-0.05, 0) is 12.1 Å². The number of benzene rings is 1. The smallest absolute Gasteiger partial charge is 0.269 e. The molecule has 0 radical (unpaired) electrons. The summed E-state index contributed by atoms with van der Waals surface area (Å²) in [4.78, 5) is 27.5. The molecule has 2 heterocycles. The van der Waals surface area contributed by atoms with E-state index in [-0.39, 0.29) is 11.6 Å².